The van der Waals surface area contributed by atoms with Crippen molar-refractivity contribution in [2.75, 3.05) is 12.1 Å². The van der Waals surface area contributed by atoms with Gasteiger partial charge in [0.05, 0.1) is 0 Å². The van der Waals surface area contributed by atoms with Gasteiger partial charge in [-0.3, -0.25) is 4.79 Å². The minimum atomic E-state index is -0.452. The fraction of sp³-hybridized carbons (Fsp3) is 0.300. The van der Waals surface area contributed by atoms with E-state index in [1.165, 1.54) is 0 Å². The average molecular weight is 351 g/mol. The van der Waals surface area contributed by atoms with Gasteiger partial charge in [-0.25, -0.2) is 0 Å². The first kappa shape index (κ1) is 17.6. The fourth-order valence-corrected chi connectivity index (χ4v) is 3.02. The number of aryl methyl sites for hydroxylation is 1. The number of ether oxygens (including phenoxy) is 2. The lowest BCUT2D eigenvalue weighted by atomic mass is 10.1. The van der Waals surface area contributed by atoms with Crippen LogP contribution in [0.2, 0.25) is 0 Å². The first-order valence-electron chi connectivity index (χ1n) is 8.53. The van der Waals surface area contributed by atoms with E-state index in [2.05, 4.69) is 16.8 Å². The third kappa shape index (κ3) is 3.42. The molecule has 0 saturated heterocycles. The molecular weight excluding hydrogens is 330 g/mol. The number of hydrogen-bond donors (Lipinski definition) is 1. The highest BCUT2D eigenvalue weighted by Gasteiger charge is 2.16. The van der Waals surface area contributed by atoms with Crippen LogP contribution in [0.15, 0.2) is 29.8 Å². The van der Waals surface area contributed by atoms with Crippen molar-refractivity contribution >= 4 is 17.7 Å². The van der Waals surface area contributed by atoms with Gasteiger partial charge in [-0.15, -0.1) is 0 Å². The quantitative estimate of drug-likeness (QED) is 0.657. The summed E-state index contributed by atoms with van der Waals surface area (Å²) in [7, 11) is 0. The normalized spacial score (nSPS) is 12.8. The molecule has 1 aliphatic heterocycles. The molecule has 6 heteroatoms. The van der Waals surface area contributed by atoms with Gasteiger partial charge in [0.25, 0.3) is 5.91 Å². The van der Waals surface area contributed by atoms with Crippen LogP contribution in [0, 0.1) is 25.2 Å². The van der Waals surface area contributed by atoms with Gasteiger partial charge < -0.3 is 19.4 Å². The SMILES string of the molecule is CCCn1c(C)cc(C=C(C#N)C(=O)Nc2ccc3c(c2)OCO3)c1C. The molecular formula is C20H21N3O3. The summed E-state index contributed by atoms with van der Waals surface area (Å²) in [6, 6.07) is 9.12. The summed E-state index contributed by atoms with van der Waals surface area (Å²) in [6.45, 7) is 7.23. The van der Waals surface area contributed by atoms with E-state index in [4.69, 9.17) is 9.47 Å². The Labute approximate surface area is 152 Å². The molecule has 1 amide bonds. The number of nitriles is 1. The number of carbonyl (C=O) groups is 1. The molecule has 0 fully saturated rings. The predicted octanol–water partition coefficient (Wildman–Crippen LogP) is 3.79. The largest absolute Gasteiger partial charge is 0.454 e. The summed E-state index contributed by atoms with van der Waals surface area (Å²) >= 11 is 0. The van der Waals surface area contributed by atoms with E-state index < -0.39 is 5.91 Å². The molecule has 0 radical (unpaired) electrons. The van der Waals surface area contributed by atoms with Gasteiger partial charge in [-0.05, 0) is 50.1 Å². The van der Waals surface area contributed by atoms with Gasteiger partial charge in [0.15, 0.2) is 11.5 Å². The Morgan fingerprint density at radius 2 is 2.08 bits per heavy atom. The number of nitrogens with one attached hydrogen (secondary N) is 1. The van der Waals surface area contributed by atoms with Crippen LogP contribution in [0.1, 0.15) is 30.3 Å². The molecule has 2 heterocycles. The molecule has 1 aromatic heterocycles. The summed E-state index contributed by atoms with van der Waals surface area (Å²) in [6.07, 6.45) is 2.66. The molecule has 0 spiro atoms. The first-order chi connectivity index (χ1) is 12.5. The molecule has 0 atom stereocenters. The molecule has 0 aliphatic carbocycles. The lowest BCUT2D eigenvalue weighted by molar-refractivity contribution is -0.112. The molecule has 1 N–H and O–H groups in total. The predicted molar refractivity (Wildman–Crippen MR) is 99.0 cm³/mol. The number of hydrogen-bond acceptors (Lipinski definition) is 4. The average Bonchev–Trinajstić information content (AvgIpc) is 3.19. The van der Waals surface area contributed by atoms with Crippen LogP contribution in [-0.2, 0) is 11.3 Å². The molecule has 1 aliphatic rings. The maximum absolute atomic E-state index is 12.5. The Bertz CT molecular complexity index is 919. The number of fused-ring (bicyclic) bond motifs is 1. The van der Waals surface area contributed by atoms with Crippen LogP contribution in [0.4, 0.5) is 5.69 Å². The van der Waals surface area contributed by atoms with Crippen LogP contribution in [0.25, 0.3) is 6.08 Å². The van der Waals surface area contributed by atoms with Crippen molar-refractivity contribution in [3.05, 3.63) is 46.8 Å². The Kier molecular flexibility index (Phi) is 4.99. The van der Waals surface area contributed by atoms with Crippen LogP contribution < -0.4 is 14.8 Å². The van der Waals surface area contributed by atoms with Gasteiger partial charge in [-0.1, -0.05) is 6.92 Å². The Morgan fingerprint density at radius 3 is 2.81 bits per heavy atom. The Morgan fingerprint density at radius 1 is 1.31 bits per heavy atom. The van der Waals surface area contributed by atoms with E-state index in [1.807, 2.05) is 26.0 Å². The van der Waals surface area contributed by atoms with E-state index in [0.29, 0.717) is 17.2 Å². The zero-order valence-electron chi connectivity index (χ0n) is 15.1. The van der Waals surface area contributed by atoms with E-state index in [9.17, 15) is 10.1 Å². The van der Waals surface area contributed by atoms with Crippen LogP contribution in [-0.4, -0.2) is 17.3 Å². The van der Waals surface area contributed by atoms with Crippen molar-refractivity contribution < 1.29 is 14.3 Å². The van der Waals surface area contributed by atoms with Gasteiger partial charge in [0, 0.05) is 29.7 Å². The van der Waals surface area contributed by atoms with Crippen LogP contribution in [0.3, 0.4) is 0 Å². The minimum Gasteiger partial charge on any atom is -0.454 e. The molecule has 3 rings (SSSR count). The highest BCUT2D eigenvalue weighted by molar-refractivity contribution is 6.09. The first-order valence-corrected chi connectivity index (χ1v) is 8.53. The molecule has 6 nitrogen and oxygen atoms in total. The molecule has 26 heavy (non-hydrogen) atoms. The number of aromatic nitrogens is 1. The van der Waals surface area contributed by atoms with Gasteiger partial charge in [0.2, 0.25) is 6.79 Å². The lowest BCUT2D eigenvalue weighted by Gasteiger charge is -2.07. The number of benzene rings is 1. The molecule has 0 unspecified atom stereocenters. The fourth-order valence-electron chi connectivity index (χ4n) is 3.02. The van der Waals surface area contributed by atoms with Crippen LogP contribution >= 0.6 is 0 Å². The molecule has 134 valence electrons. The van der Waals surface area contributed by atoms with E-state index in [1.54, 1.807) is 24.3 Å². The summed E-state index contributed by atoms with van der Waals surface area (Å²) in [5, 5.41) is 12.2. The molecule has 0 saturated carbocycles. The third-order valence-corrected chi connectivity index (χ3v) is 4.36. The zero-order valence-corrected chi connectivity index (χ0v) is 15.1. The third-order valence-electron chi connectivity index (χ3n) is 4.36. The smallest absolute Gasteiger partial charge is 0.266 e. The summed E-state index contributed by atoms with van der Waals surface area (Å²) in [5.41, 5.74) is 3.65. The van der Waals surface area contributed by atoms with Crippen molar-refractivity contribution in [1.29, 1.82) is 5.26 Å². The summed E-state index contributed by atoms with van der Waals surface area (Å²) < 4.78 is 12.7. The summed E-state index contributed by atoms with van der Waals surface area (Å²) in [4.78, 5) is 12.5. The molecule has 2 aromatic rings. The van der Waals surface area contributed by atoms with Crippen molar-refractivity contribution in [3.8, 4) is 17.6 Å². The van der Waals surface area contributed by atoms with Crippen molar-refractivity contribution in [1.82, 2.24) is 4.57 Å². The molecule has 1 aromatic carbocycles. The highest BCUT2D eigenvalue weighted by atomic mass is 16.7. The standard InChI is InChI=1S/C20H21N3O3/c1-4-7-23-13(2)8-15(14(23)3)9-16(11-21)20(24)22-17-5-6-18-19(10-17)26-12-25-18/h5-6,8-10H,4,7,12H2,1-3H3,(H,22,24). The lowest BCUT2D eigenvalue weighted by Crippen LogP contribution is -2.13. The van der Waals surface area contributed by atoms with E-state index >= 15 is 0 Å². The van der Waals surface area contributed by atoms with E-state index in [-0.39, 0.29) is 12.4 Å². The van der Waals surface area contributed by atoms with E-state index in [0.717, 1.165) is 29.9 Å². The number of rotatable bonds is 5. The summed E-state index contributed by atoms with van der Waals surface area (Å²) in [5.74, 6) is 0.766. The molecule has 0 bridgehead atoms. The monoisotopic (exact) mass is 351 g/mol. The topological polar surface area (TPSA) is 76.3 Å². The second kappa shape index (κ2) is 7.36. The van der Waals surface area contributed by atoms with Crippen molar-refractivity contribution in [2.45, 2.75) is 33.7 Å². The zero-order chi connectivity index (χ0) is 18.7. The van der Waals surface area contributed by atoms with Crippen molar-refractivity contribution in [3.63, 3.8) is 0 Å². The van der Waals surface area contributed by atoms with Gasteiger partial charge in [0.1, 0.15) is 11.6 Å². The van der Waals surface area contributed by atoms with Gasteiger partial charge in [-0.2, -0.15) is 5.26 Å². The number of anilines is 1. The minimum absolute atomic E-state index is 0.0550. The Balaban J connectivity index is 1.82. The maximum Gasteiger partial charge on any atom is 0.266 e. The maximum atomic E-state index is 12.5. The number of amides is 1. The highest BCUT2D eigenvalue weighted by Crippen LogP contribution is 2.34. The van der Waals surface area contributed by atoms with Crippen LogP contribution in [0.5, 0.6) is 11.5 Å². The van der Waals surface area contributed by atoms with Crippen molar-refractivity contribution in [2.24, 2.45) is 0 Å². The number of nitrogens with zero attached hydrogens (tertiary/aromatic N) is 2. The number of carbonyl (C=O) groups excluding carboxylic acids is 1. The second-order valence-electron chi connectivity index (χ2n) is 6.17. The Hall–Kier alpha value is -3.20. The van der Waals surface area contributed by atoms with Gasteiger partial charge >= 0.3 is 0 Å². The second-order valence-corrected chi connectivity index (χ2v) is 6.17.